The summed E-state index contributed by atoms with van der Waals surface area (Å²) < 4.78 is 0. The zero-order valence-electron chi connectivity index (χ0n) is 8.44. The first kappa shape index (κ1) is 11.6. The summed E-state index contributed by atoms with van der Waals surface area (Å²) in [5.41, 5.74) is 0.589. The monoisotopic (exact) mass is 219 g/mol. The number of nitrogens with one attached hydrogen (secondary N) is 1. The molecule has 1 rings (SSSR count). The Bertz CT molecular complexity index is 357. The van der Waals surface area contributed by atoms with Crippen molar-refractivity contribution >= 4 is 17.6 Å². The van der Waals surface area contributed by atoms with Crippen molar-refractivity contribution in [2.24, 2.45) is 0 Å². The fourth-order valence-corrected chi connectivity index (χ4v) is 1.62. The average molecular weight is 219 g/mol. The van der Waals surface area contributed by atoms with E-state index in [1.807, 2.05) is 6.08 Å². The number of aromatic nitrogens is 1. The van der Waals surface area contributed by atoms with Crippen molar-refractivity contribution in [3.8, 4) is 6.07 Å². The van der Waals surface area contributed by atoms with Crippen LogP contribution in [0.3, 0.4) is 0 Å². The molecule has 0 unspecified atom stereocenters. The Kier molecular flexibility index (Phi) is 5.34. The second kappa shape index (κ2) is 6.91. The summed E-state index contributed by atoms with van der Waals surface area (Å²) in [6.07, 6.45) is 3.56. The van der Waals surface area contributed by atoms with E-state index in [2.05, 4.69) is 22.9 Å². The molecule has 1 aromatic heterocycles. The van der Waals surface area contributed by atoms with E-state index in [9.17, 15) is 0 Å². The molecule has 0 spiro atoms. The van der Waals surface area contributed by atoms with E-state index >= 15 is 0 Å². The Morgan fingerprint density at radius 2 is 2.53 bits per heavy atom. The van der Waals surface area contributed by atoms with Crippen molar-refractivity contribution in [1.29, 1.82) is 5.26 Å². The van der Waals surface area contributed by atoms with Gasteiger partial charge in [-0.25, -0.2) is 4.98 Å². The minimum atomic E-state index is 0.589. The number of hydrogen-bond acceptors (Lipinski definition) is 4. The van der Waals surface area contributed by atoms with Crippen LogP contribution in [0.25, 0.3) is 0 Å². The van der Waals surface area contributed by atoms with Gasteiger partial charge in [0.1, 0.15) is 11.9 Å². The number of rotatable bonds is 6. The normalized spacial score (nSPS) is 9.27. The van der Waals surface area contributed by atoms with Crippen LogP contribution in [0.4, 0.5) is 5.82 Å². The van der Waals surface area contributed by atoms with Crippen molar-refractivity contribution in [2.75, 3.05) is 23.4 Å². The molecule has 78 valence electrons. The molecule has 0 bridgehead atoms. The van der Waals surface area contributed by atoms with Gasteiger partial charge >= 0.3 is 0 Å². The van der Waals surface area contributed by atoms with Crippen molar-refractivity contribution in [3.63, 3.8) is 0 Å². The molecule has 4 heteroatoms. The highest BCUT2D eigenvalue weighted by atomic mass is 32.2. The second-order valence-electron chi connectivity index (χ2n) is 2.80. The van der Waals surface area contributed by atoms with Gasteiger partial charge in [-0.2, -0.15) is 17.0 Å². The molecule has 0 saturated carbocycles. The molecule has 0 saturated heterocycles. The molecule has 1 aromatic rings. The molecule has 0 aromatic carbocycles. The Balaban J connectivity index is 2.37. The van der Waals surface area contributed by atoms with Gasteiger partial charge in [0.2, 0.25) is 0 Å². The fourth-order valence-electron chi connectivity index (χ4n) is 1.04. The molecule has 15 heavy (non-hydrogen) atoms. The summed E-state index contributed by atoms with van der Waals surface area (Å²) in [4.78, 5) is 4.10. The first-order valence-corrected chi connectivity index (χ1v) is 5.81. The maximum Gasteiger partial charge on any atom is 0.143 e. The summed E-state index contributed by atoms with van der Waals surface area (Å²) >= 11 is 1.79. The van der Waals surface area contributed by atoms with Crippen LogP contribution in [0.1, 0.15) is 5.56 Å². The van der Waals surface area contributed by atoms with Crippen LogP contribution in [0, 0.1) is 11.3 Å². The van der Waals surface area contributed by atoms with Crippen LogP contribution in [-0.2, 0) is 0 Å². The Hall–Kier alpha value is -1.47. The van der Waals surface area contributed by atoms with Gasteiger partial charge in [0.25, 0.3) is 0 Å². The van der Waals surface area contributed by atoms with Gasteiger partial charge in [0.05, 0.1) is 5.56 Å². The van der Waals surface area contributed by atoms with Crippen LogP contribution in [-0.4, -0.2) is 23.0 Å². The predicted octanol–water partition coefficient (Wildman–Crippen LogP) is 2.28. The lowest BCUT2D eigenvalue weighted by molar-refractivity contribution is 1.16. The molecular weight excluding hydrogens is 206 g/mol. The SMILES string of the molecule is C=CCSCCNc1ncccc1C#N. The third kappa shape index (κ3) is 4.05. The largest absolute Gasteiger partial charge is 0.368 e. The van der Waals surface area contributed by atoms with E-state index < -0.39 is 0 Å². The van der Waals surface area contributed by atoms with Crippen LogP contribution in [0.15, 0.2) is 31.0 Å². The molecular formula is C11H13N3S. The third-order valence-corrected chi connectivity index (χ3v) is 2.67. The standard InChI is InChI=1S/C11H13N3S/c1-2-7-15-8-6-14-11-10(9-12)4-3-5-13-11/h2-5H,1,6-8H2,(H,13,14). The van der Waals surface area contributed by atoms with E-state index in [1.165, 1.54) is 0 Å². The van der Waals surface area contributed by atoms with Gasteiger partial charge in [-0.1, -0.05) is 6.08 Å². The summed E-state index contributed by atoms with van der Waals surface area (Å²) in [5.74, 6) is 2.60. The number of hydrogen-bond donors (Lipinski definition) is 1. The van der Waals surface area contributed by atoms with Crippen molar-refractivity contribution in [2.45, 2.75) is 0 Å². The highest BCUT2D eigenvalue weighted by Gasteiger charge is 1.99. The van der Waals surface area contributed by atoms with Gasteiger partial charge < -0.3 is 5.32 Å². The van der Waals surface area contributed by atoms with Gasteiger partial charge in [-0.05, 0) is 12.1 Å². The van der Waals surface area contributed by atoms with Crippen LogP contribution >= 0.6 is 11.8 Å². The van der Waals surface area contributed by atoms with E-state index in [-0.39, 0.29) is 0 Å². The minimum Gasteiger partial charge on any atom is -0.368 e. The van der Waals surface area contributed by atoms with Crippen molar-refractivity contribution in [3.05, 3.63) is 36.5 Å². The number of nitriles is 1. The summed E-state index contributed by atoms with van der Waals surface area (Å²) in [6, 6.07) is 5.62. The lowest BCUT2D eigenvalue weighted by Gasteiger charge is -2.05. The Labute approximate surface area is 94.2 Å². The van der Waals surface area contributed by atoms with Crippen molar-refractivity contribution in [1.82, 2.24) is 4.98 Å². The van der Waals surface area contributed by atoms with Crippen LogP contribution in [0.2, 0.25) is 0 Å². The molecule has 3 nitrogen and oxygen atoms in total. The van der Waals surface area contributed by atoms with E-state index in [0.717, 1.165) is 18.1 Å². The minimum absolute atomic E-state index is 0.589. The lowest BCUT2D eigenvalue weighted by Crippen LogP contribution is -2.07. The molecule has 0 atom stereocenters. The van der Waals surface area contributed by atoms with Crippen LogP contribution in [0.5, 0.6) is 0 Å². The molecule has 0 fully saturated rings. The van der Waals surface area contributed by atoms with E-state index in [1.54, 1.807) is 30.1 Å². The summed E-state index contributed by atoms with van der Waals surface area (Å²) in [7, 11) is 0. The summed E-state index contributed by atoms with van der Waals surface area (Å²) in [6.45, 7) is 4.46. The highest BCUT2D eigenvalue weighted by molar-refractivity contribution is 7.99. The molecule has 1 heterocycles. The Morgan fingerprint density at radius 3 is 3.27 bits per heavy atom. The quantitative estimate of drug-likeness (QED) is 0.589. The van der Waals surface area contributed by atoms with Crippen molar-refractivity contribution < 1.29 is 0 Å². The zero-order chi connectivity index (χ0) is 10.9. The third-order valence-electron chi connectivity index (χ3n) is 1.70. The highest BCUT2D eigenvalue weighted by Crippen LogP contribution is 2.09. The van der Waals surface area contributed by atoms with Gasteiger partial charge in [0.15, 0.2) is 0 Å². The molecule has 0 aliphatic carbocycles. The Morgan fingerprint density at radius 1 is 1.67 bits per heavy atom. The topological polar surface area (TPSA) is 48.7 Å². The zero-order valence-corrected chi connectivity index (χ0v) is 9.26. The molecule has 0 radical (unpaired) electrons. The number of nitrogens with zero attached hydrogens (tertiary/aromatic N) is 2. The molecule has 0 aliphatic rings. The average Bonchev–Trinajstić information content (AvgIpc) is 2.29. The first-order chi connectivity index (χ1) is 7.38. The lowest BCUT2D eigenvalue weighted by atomic mass is 10.3. The smallest absolute Gasteiger partial charge is 0.143 e. The van der Waals surface area contributed by atoms with Crippen LogP contribution < -0.4 is 5.32 Å². The van der Waals surface area contributed by atoms with Gasteiger partial charge in [-0.15, -0.1) is 6.58 Å². The molecule has 1 N–H and O–H groups in total. The number of thioether (sulfide) groups is 1. The maximum absolute atomic E-state index is 8.81. The predicted molar refractivity (Wildman–Crippen MR) is 65.0 cm³/mol. The first-order valence-electron chi connectivity index (χ1n) is 4.66. The molecule has 0 amide bonds. The fraction of sp³-hybridized carbons (Fsp3) is 0.273. The summed E-state index contributed by atoms with van der Waals surface area (Å²) in [5, 5.41) is 11.9. The molecule has 0 aliphatic heterocycles. The number of pyridine rings is 1. The maximum atomic E-state index is 8.81. The van der Waals surface area contributed by atoms with E-state index in [4.69, 9.17) is 5.26 Å². The van der Waals surface area contributed by atoms with Gasteiger partial charge in [0, 0.05) is 24.2 Å². The van der Waals surface area contributed by atoms with E-state index in [0.29, 0.717) is 11.4 Å². The van der Waals surface area contributed by atoms with Gasteiger partial charge in [-0.3, -0.25) is 0 Å². The second-order valence-corrected chi connectivity index (χ2v) is 3.95. The number of anilines is 1.